The van der Waals surface area contributed by atoms with Gasteiger partial charge in [-0.05, 0) is 140 Å². The Kier molecular flexibility index (Phi) is 34.4. The first-order valence-electron chi connectivity index (χ1n) is 41.1. The number of nitrogens with zero attached hydrogens (tertiary/aromatic N) is 18. The second-order valence-corrected chi connectivity index (χ2v) is 31.2. The molecule has 31 nitrogen and oxygen atoms in total. The maximum atomic E-state index is 12.3. The Hall–Kier alpha value is -15.4. The third kappa shape index (κ3) is 28.8. The van der Waals surface area contributed by atoms with Crippen LogP contribution in [-0.4, -0.2) is 120 Å². The van der Waals surface area contributed by atoms with Gasteiger partial charge in [0.15, 0.2) is 57.8 Å². The van der Waals surface area contributed by atoms with Gasteiger partial charge < -0.3 is 68.1 Å². The molecule has 13 heterocycles. The van der Waals surface area contributed by atoms with Gasteiger partial charge in [0.2, 0.25) is 5.95 Å². The normalized spacial score (nSPS) is 11.0. The average molecular weight is 1820 g/mol. The second kappa shape index (κ2) is 46.2. The Morgan fingerprint density at radius 3 is 1.25 bits per heavy atom. The van der Waals surface area contributed by atoms with Crippen molar-refractivity contribution >= 4 is 67.7 Å². The van der Waals surface area contributed by atoms with E-state index in [0.29, 0.717) is 126 Å². The zero-order valence-corrected chi connectivity index (χ0v) is 75.9. The number of aromatic nitrogens is 18. The minimum absolute atomic E-state index is 0.0160. The van der Waals surface area contributed by atoms with Crippen LogP contribution in [-0.2, 0) is 0 Å². The number of alkyl halides is 3. The molecule has 130 heavy (non-hydrogen) atoms. The van der Waals surface area contributed by atoms with E-state index < -0.39 is 12.7 Å². The number of nitrogens with two attached hydrogens (primary N) is 5. The molecule has 0 spiro atoms. The van der Waals surface area contributed by atoms with Crippen LogP contribution in [0.3, 0.4) is 0 Å². The molecule has 0 aliphatic heterocycles. The summed E-state index contributed by atoms with van der Waals surface area (Å²) in [5.74, 6) is 28.2. The van der Waals surface area contributed by atoms with E-state index in [0.717, 1.165) is 56.3 Å². The van der Waals surface area contributed by atoms with E-state index in [-0.39, 0.29) is 65.6 Å². The van der Waals surface area contributed by atoms with Gasteiger partial charge in [0.05, 0.1) is 54.7 Å². The largest absolute Gasteiger partial charge is 0.451 e. The topological polar surface area (TPSA) is 453 Å². The molecule has 0 saturated heterocycles. The zero-order valence-electron chi connectivity index (χ0n) is 74.3. The average Bonchev–Trinajstić information content (AvgIpc) is 0.862. The first kappa shape index (κ1) is 96.8. The van der Waals surface area contributed by atoms with Crippen LogP contribution in [0.1, 0.15) is 197 Å². The van der Waals surface area contributed by atoms with Crippen molar-refractivity contribution in [1.82, 2.24) is 89.7 Å². The van der Waals surface area contributed by atoms with Crippen molar-refractivity contribution in [3.8, 4) is 93.0 Å². The van der Waals surface area contributed by atoms with Gasteiger partial charge >= 0.3 is 6.18 Å². The van der Waals surface area contributed by atoms with Crippen LogP contribution >= 0.6 is 15.9 Å². The van der Waals surface area contributed by atoms with Gasteiger partial charge in [0.25, 0.3) is 0 Å². The minimum Gasteiger partial charge on any atom is -0.451 e. The number of hydrogen-bond acceptors (Lipinski definition) is 31. The van der Waals surface area contributed by atoms with Gasteiger partial charge in [-0.2, -0.15) is 18.2 Å². The SMILES string of the molecule is CCC(CO)Nc1nc(N)ncc1Oc1cc(Br)ncc1C(C)C.Cc1ncc(Oc2cc(C#Cc3cccc4cccnc34)ncc2C(C)C)c(N)n1.Cc1ncc(Oc2cc(C#Cc3ccccn3)ncc2C(C)C)c(N)n1.Cc1ncc(Oc2cc(C#Cc3ccncc3)ncc2C(C)C)c(N)n1.Cc1ncc(Oc2cc(NCC(F)(F)F)ncc2C(C)C)c(N)n1. The van der Waals surface area contributed by atoms with Gasteiger partial charge in [0.1, 0.15) is 91.8 Å². The number of nitrogens with one attached hydrogen (secondary N) is 2. The molecule has 0 aliphatic rings. The van der Waals surface area contributed by atoms with E-state index in [9.17, 15) is 18.3 Å². The number of nitrogen functional groups attached to an aromatic ring is 5. The van der Waals surface area contributed by atoms with Crippen molar-refractivity contribution in [2.75, 3.05) is 52.5 Å². The van der Waals surface area contributed by atoms with Crippen molar-refractivity contribution in [3.63, 3.8) is 0 Å². The van der Waals surface area contributed by atoms with E-state index in [2.05, 4.69) is 207 Å². The van der Waals surface area contributed by atoms with Crippen molar-refractivity contribution in [2.24, 2.45) is 0 Å². The van der Waals surface area contributed by atoms with E-state index >= 15 is 0 Å². The lowest BCUT2D eigenvalue weighted by molar-refractivity contribution is -0.115. The quantitative estimate of drug-likeness (QED) is 0.0245. The predicted octanol–water partition coefficient (Wildman–Crippen LogP) is 18.5. The first-order chi connectivity index (χ1) is 62.2. The Bertz CT molecular complexity index is 6260. The maximum Gasteiger partial charge on any atom is 0.405 e. The van der Waals surface area contributed by atoms with Crippen molar-refractivity contribution in [1.29, 1.82) is 0 Å². The smallest absolute Gasteiger partial charge is 0.405 e. The molecule has 0 radical (unpaired) electrons. The molecule has 1 atom stereocenters. The molecule has 0 bridgehead atoms. The highest BCUT2D eigenvalue weighted by atomic mass is 79.9. The van der Waals surface area contributed by atoms with Crippen LogP contribution in [0.5, 0.6) is 57.5 Å². The number of benzene rings is 1. The number of halogens is 4. The fourth-order valence-electron chi connectivity index (χ4n) is 11.6. The molecular weight excluding hydrogens is 1720 g/mol. The van der Waals surface area contributed by atoms with Crippen molar-refractivity contribution in [3.05, 3.63) is 267 Å². The summed E-state index contributed by atoms with van der Waals surface area (Å²) in [6.45, 7) is 28.2. The number of aliphatic hydroxyl groups excluding tert-OH is 1. The molecule has 0 amide bonds. The van der Waals surface area contributed by atoms with Crippen LogP contribution in [0, 0.1) is 63.2 Å². The minimum atomic E-state index is -4.34. The molecular formula is C95H99BrF3N25O6. The number of para-hydroxylation sites is 1. The highest BCUT2D eigenvalue weighted by molar-refractivity contribution is 9.10. The molecule has 668 valence electrons. The van der Waals surface area contributed by atoms with Crippen molar-refractivity contribution < 1.29 is 42.0 Å². The summed E-state index contributed by atoms with van der Waals surface area (Å²) < 4.78 is 67.4. The molecule has 14 rings (SSSR count). The van der Waals surface area contributed by atoms with Crippen LogP contribution < -0.4 is 63.0 Å². The summed E-state index contributed by atoms with van der Waals surface area (Å²) in [7, 11) is 0. The van der Waals surface area contributed by atoms with Crippen molar-refractivity contribution in [2.45, 2.75) is 152 Å². The highest BCUT2D eigenvalue weighted by Gasteiger charge is 2.28. The number of fused-ring (bicyclic) bond motifs is 1. The standard InChI is InChI=1S/C24H21N5O.2C20H19N5O.C16H22BrN5O2.C15H18F3N5O/c1-15(2)20-13-28-19(12-21(20)30-22-14-27-16(3)29-24(22)25)10-9-18-7-4-6-17-8-5-11-26-23(17)18;1-13(2)17-11-24-16(5-4-15-6-8-22-9-7-15)10-18(17)26-19-12-23-14(3)25-20(19)21;1-13(2)17-11-24-16(8-7-15-6-4-5-9-22-15)10-18(17)26-19-12-23-14(3)25-20(19)21;1-4-10(8-23)21-15-13(7-20-16(18)22-15)24-12-5-14(17)19-6-11(12)9(2)3;1-8(2)10-5-21-13(22-7-15(16,17)18)4-11(10)24-12-6-20-9(3)23-14(12)19/h4-8,11-15H,1-3H3,(H2,25,27,29);6-13H,1-3H3,(H2,21,23,25);4-6,9-13H,1-3H3,(H2,21,23,25);5-7,9-10,23H,4,8H2,1-3H3,(H3,18,20,21,22);4-6,8H,7H2,1-3H3,(H,21,22)(H2,19,20,23). The lowest BCUT2D eigenvalue weighted by Gasteiger charge is -2.19. The Morgan fingerprint density at radius 1 is 0.400 bits per heavy atom. The highest BCUT2D eigenvalue weighted by Crippen LogP contribution is 2.40. The first-order valence-corrected chi connectivity index (χ1v) is 41.9. The number of aliphatic hydroxyl groups is 1. The molecule has 0 saturated carbocycles. The Labute approximate surface area is 760 Å². The number of hydrogen-bond donors (Lipinski definition) is 8. The van der Waals surface area contributed by atoms with Crippen LogP contribution in [0.4, 0.5) is 54.0 Å². The fraction of sp³-hybridized carbons (Fsp3) is 0.263. The number of anilines is 7. The molecule has 13 aromatic heterocycles. The summed E-state index contributed by atoms with van der Waals surface area (Å²) in [5, 5.41) is 15.8. The third-order valence-corrected chi connectivity index (χ3v) is 19.0. The lowest BCUT2D eigenvalue weighted by Crippen LogP contribution is -2.23. The van der Waals surface area contributed by atoms with Crippen LogP contribution in [0.25, 0.3) is 10.9 Å². The molecule has 0 fully saturated rings. The number of ether oxygens (including phenoxy) is 5. The Balaban J connectivity index is 0.000000169. The summed E-state index contributed by atoms with van der Waals surface area (Å²) >= 11 is 3.36. The van der Waals surface area contributed by atoms with E-state index in [1.54, 1.807) is 108 Å². The number of aryl methyl sites for hydroxylation is 4. The summed E-state index contributed by atoms with van der Waals surface area (Å²) in [6.07, 6.45) is 19.5. The molecule has 35 heteroatoms. The molecule has 1 aromatic carbocycles. The zero-order chi connectivity index (χ0) is 93.7. The summed E-state index contributed by atoms with van der Waals surface area (Å²) in [4.78, 5) is 75.3. The predicted molar refractivity (Wildman–Crippen MR) is 498 cm³/mol. The van der Waals surface area contributed by atoms with Gasteiger partial charge in [-0.1, -0.05) is 112 Å². The van der Waals surface area contributed by atoms with Gasteiger partial charge in [0, 0.05) is 125 Å². The molecule has 14 aromatic rings. The van der Waals surface area contributed by atoms with Crippen LogP contribution in [0.2, 0.25) is 0 Å². The summed E-state index contributed by atoms with van der Waals surface area (Å²) in [6, 6.07) is 27.6. The van der Waals surface area contributed by atoms with Gasteiger partial charge in [-0.25, -0.2) is 74.8 Å². The molecule has 13 N–H and O–H groups in total. The molecule has 1 unspecified atom stereocenters. The van der Waals surface area contributed by atoms with Gasteiger partial charge in [-0.3, -0.25) is 9.97 Å². The maximum absolute atomic E-state index is 12.3. The second-order valence-electron chi connectivity index (χ2n) is 30.3. The third-order valence-electron chi connectivity index (χ3n) is 18.5. The monoisotopic (exact) mass is 1820 g/mol. The van der Waals surface area contributed by atoms with Crippen LogP contribution in [0.15, 0.2) is 182 Å². The van der Waals surface area contributed by atoms with Gasteiger partial charge in [-0.15, -0.1) is 0 Å². The van der Waals surface area contributed by atoms with E-state index in [4.69, 9.17) is 52.4 Å². The molecule has 0 aliphatic carbocycles. The van der Waals surface area contributed by atoms with E-state index in [1.165, 1.54) is 24.7 Å². The Morgan fingerprint density at radius 2 is 0.808 bits per heavy atom. The fourth-order valence-corrected chi connectivity index (χ4v) is 11.9. The van der Waals surface area contributed by atoms with E-state index in [1.807, 2.05) is 93.6 Å². The summed E-state index contributed by atoms with van der Waals surface area (Å²) in [5.41, 5.74) is 39.0. The lowest BCUT2D eigenvalue weighted by atomic mass is 10.0. The number of rotatable bonds is 21. The number of pyridine rings is 8.